The monoisotopic (exact) mass is 684 g/mol. The molecule has 1 aromatic heterocycles. The number of benzene rings is 1. The number of methoxy groups -OCH3 is 1. The molecule has 1 aromatic carbocycles. The second kappa shape index (κ2) is 13.4. The minimum Gasteiger partial charge on any atom is -0.494 e. The number of pyridine rings is 1. The number of nitrogens with two attached hydrogens (primary N) is 1. The van der Waals surface area contributed by atoms with Crippen LogP contribution in [0.1, 0.15) is 71.6 Å². The number of carbonyl (C=O) groups excluding carboxylic acids is 3. The second-order valence-electron chi connectivity index (χ2n) is 14.1. The summed E-state index contributed by atoms with van der Waals surface area (Å²) in [5, 5.41) is 0.466. The van der Waals surface area contributed by atoms with Crippen LogP contribution < -0.4 is 19.9 Å². The van der Waals surface area contributed by atoms with E-state index in [9.17, 15) is 27.2 Å². The highest BCUT2D eigenvalue weighted by molar-refractivity contribution is 7.90. The van der Waals surface area contributed by atoms with Crippen molar-refractivity contribution < 1.29 is 36.7 Å². The Morgan fingerprint density at radius 2 is 1.98 bits per heavy atom. The number of rotatable bonds is 7. The molecule has 0 spiro atoms. The Labute approximate surface area is 280 Å². The van der Waals surface area contributed by atoms with E-state index in [1.54, 1.807) is 12.1 Å². The molecule has 1 saturated heterocycles. The third-order valence-corrected chi connectivity index (χ3v) is 12.5. The average molecular weight is 685 g/mol. The van der Waals surface area contributed by atoms with Gasteiger partial charge in [-0.3, -0.25) is 19.1 Å². The fourth-order valence-electron chi connectivity index (χ4n) is 7.47. The molecule has 7 atom stereocenters. The number of nitrogens with one attached hydrogen (secondary N) is 1. The second-order valence-corrected chi connectivity index (χ2v) is 16.1. The first kappa shape index (κ1) is 34.3. The van der Waals surface area contributed by atoms with Crippen LogP contribution in [0.4, 0.5) is 4.39 Å². The van der Waals surface area contributed by atoms with Crippen molar-refractivity contribution in [3.63, 3.8) is 0 Å². The molecule has 0 bridgehead atoms. The number of ether oxygens (including phenoxy) is 2. The first-order valence-electron chi connectivity index (χ1n) is 17.0. The van der Waals surface area contributed by atoms with Gasteiger partial charge in [0.15, 0.2) is 17.3 Å². The van der Waals surface area contributed by atoms with Gasteiger partial charge in [-0.25, -0.2) is 17.8 Å². The van der Waals surface area contributed by atoms with E-state index in [0.29, 0.717) is 36.5 Å². The SMILES string of the molecule is CC[C@@H]1C[C@H](C)CC/C=C\[C@@H]2C[C@@]2(C(=O)NS(=O)(=O)C2CC2)CC(=O)[C@@H]2C[C@@H](Oc3nccc4cc(OC)c(F)cc34)CN2C(=O)[C@H]1N. The number of aromatic nitrogens is 1. The van der Waals surface area contributed by atoms with Gasteiger partial charge in [0.2, 0.25) is 27.7 Å². The molecule has 260 valence electrons. The molecule has 2 amide bonds. The maximum absolute atomic E-state index is 14.7. The lowest BCUT2D eigenvalue weighted by Crippen LogP contribution is -2.52. The van der Waals surface area contributed by atoms with Crippen molar-refractivity contribution in [1.29, 1.82) is 0 Å². The number of allylic oxidation sites excluding steroid dienone is 2. The van der Waals surface area contributed by atoms with E-state index >= 15 is 0 Å². The van der Waals surface area contributed by atoms with Crippen molar-refractivity contribution in [2.75, 3.05) is 13.7 Å². The van der Waals surface area contributed by atoms with Gasteiger partial charge in [-0.1, -0.05) is 32.4 Å². The number of carbonyl (C=O) groups is 3. The predicted molar refractivity (Wildman–Crippen MR) is 177 cm³/mol. The first-order chi connectivity index (χ1) is 22.9. The highest BCUT2D eigenvalue weighted by Crippen LogP contribution is 2.57. The summed E-state index contributed by atoms with van der Waals surface area (Å²) < 4.78 is 53.9. The molecule has 4 aliphatic rings. The van der Waals surface area contributed by atoms with Gasteiger partial charge >= 0.3 is 0 Å². The van der Waals surface area contributed by atoms with Crippen LogP contribution in [0.15, 0.2) is 36.5 Å². The van der Waals surface area contributed by atoms with Crippen molar-refractivity contribution in [2.24, 2.45) is 28.9 Å². The molecule has 3 heterocycles. The smallest absolute Gasteiger partial charge is 0.240 e. The van der Waals surface area contributed by atoms with Gasteiger partial charge in [0.05, 0.1) is 36.4 Å². The molecule has 2 aromatic rings. The van der Waals surface area contributed by atoms with E-state index < -0.39 is 50.6 Å². The maximum atomic E-state index is 14.7. The zero-order chi connectivity index (χ0) is 34.4. The zero-order valence-corrected chi connectivity index (χ0v) is 28.5. The molecule has 2 aliphatic carbocycles. The lowest BCUT2D eigenvalue weighted by atomic mass is 9.85. The maximum Gasteiger partial charge on any atom is 0.240 e. The van der Waals surface area contributed by atoms with Gasteiger partial charge < -0.3 is 20.1 Å². The van der Waals surface area contributed by atoms with Gasteiger partial charge in [0, 0.05) is 24.4 Å². The minimum atomic E-state index is -3.83. The minimum absolute atomic E-state index is 0.0459. The Morgan fingerprint density at radius 1 is 1.21 bits per heavy atom. The number of halogens is 1. The van der Waals surface area contributed by atoms with Gasteiger partial charge in [-0.15, -0.1) is 0 Å². The van der Waals surface area contributed by atoms with E-state index in [1.165, 1.54) is 24.3 Å². The Balaban J connectivity index is 1.31. The van der Waals surface area contributed by atoms with E-state index in [-0.39, 0.29) is 60.5 Å². The van der Waals surface area contributed by atoms with E-state index in [0.717, 1.165) is 19.3 Å². The van der Waals surface area contributed by atoms with Crippen molar-refractivity contribution in [2.45, 2.75) is 95.1 Å². The first-order valence-corrected chi connectivity index (χ1v) is 18.5. The Kier molecular flexibility index (Phi) is 9.56. The number of hydrogen-bond acceptors (Lipinski definition) is 9. The number of amides is 2. The topological polar surface area (TPSA) is 158 Å². The molecule has 0 unspecified atom stereocenters. The molecule has 48 heavy (non-hydrogen) atoms. The standard InChI is InChI=1S/C35H45FN4O7S/c1-4-21-13-20(2)7-5-6-8-23-17-35(23,34(43)39-48(44,45)25-9-10-25)18-29(41)28-15-24(19-40(28)33(42)31(21)37)47-32-26-16-27(36)30(46-3)14-22(26)11-12-38-32/h6,8,11-12,14,16,20-21,23-25,28,31H,4-5,7,9-10,13,15,17-19,37H2,1-3H3,(H,39,43)/b8-6-/t20-,21-,23-,24-,28+,31+,35-/m1/s1. The zero-order valence-electron chi connectivity index (χ0n) is 27.7. The number of ketones is 1. The number of sulfonamides is 1. The summed E-state index contributed by atoms with van der Waals surface area (Å²) >= 11 is 0. The summed E-state index contributed by atoms with van der Waals surface area (Å²) in [6.07, 6.45) is 9.09. The van der Waals surface area contributed by atoms with Crippen LogP contribution in [-0.2, 0) is 24.4 Å². The fourth-order valence-corrected chi connectivity index (χ4v) is 8.86. The Bertz CT molecular complexity index is 1730. The van der Waals surface area contributed by atoms with Crippen LogP contribution in [0, 0.1) is 29.0 Å². The average Bonchev–Trinajstić information content (AvgIpc) is 3.98. The fraction of sp³-hybridized carbons (Fsp3) is 0.600. The molecule has 3 fully saturated rings. The van der Waals surface area contributed by atoms with Crippen LogP contribution in [0.2, 0.25) is 0 Å². The van der Waals surface area contributed by atoms with E-state index in [4.69, 9.17) is 15.2 Å². The van der Waals surface area contributed by atoms with Crippen molar-refractivity contribution >= 4 is 38.4 Å². The molecular formula is C35H45FN4O7S. The van der Waals surface area contributed by atoms with Crippen molar-refractivity contribution in [3.8, 4) is 11.6 Å². The summed E-state index contributed by atoms with van der Waals surface area (Å²) in [7, 11) is -2.45. The Morgan fingerprint density at radius 3 is 2.69 bits per heavy atom. The third kappa shape index (κ3) is 6.80. The molecule has 13 heteroatoms. The predicted octanol–water partition coefficient (Wildman–Crippen LogP) is 4.03. The highest BCUT2D eigenvalue weighted by Gasteiger charge is 2.61. The van der Waals surface area contributed by atoms with Crippen LogP contribution >= 0.6 is 0 Å². The number of hydrogen-bond donors (Lipinski definition) is 2. The third-order valence-electron chi connectivity index (χ3n) is 10.7. The highest BCUT2D eigenvalue weighted by atomic mass is 32.2. The summed E-state index contributed by atoms with van der Waals surface area (Å²) in [5.41, 5.74) is 5.43. The Hall–Kier alpha value is -3.58. The van der Waals surface area contributed by atoms with E-state index in [2.05, 4.69) is 16.6 Å². The van der Waals surface area contributed by atoms with Crippen molar-refractivity contribution in [3.05, 3.63) is 42.4 Å². The molecular weight excluding hydrogens is 639 g/mol. The summed E-state index contributed by atoms with van der Waals surface area (Å²) in [5.74, 6) is -1.86. The van der Waals surface area contributed by atoms with Gasteiger partial charge in [0.1, 0.15) is 6.10 Å². The molecule has 2 aliphatic heterocycles. The van der Waals surface area contributed by atoms with E-state index in [1.807, 2.05) is 19.1 Å². The lowest BCUT2D eigenvalue weighted by Gasteiger charge is -2.31. The molecule has 3 N–H and O–H groups in total. The molecule has 2 saturated carbocycles. The van der Waals surface area contributed by atoms with Gasteiger partial charge in [-0.2, -0.15) is 0 Å². The van der Waals surface area contributed by atoms with Gasteiger partial charge in [0.25, 0.3) is 0 Å². The number of nitrogens with zero attached hydrogens (tertiary/aromatic N) is 2. The molecule has 6 rings (SSSR count). The normalized spacial score (nSPS) is 32.1. The number of Topliss-reactive ketones (excluding diaryl/α,β-unsaturated/α-hetero) is 1. The van der Waals surface area contributed by atoms with Crippen LogP contribution in [-0.4, -0.2) is 73.0 Å². The number of fused-ring (bicyclic) bond motifs is 3. The van der Waals surface area contributed by atoms with Crippen LogP contribution in [0.5, 0.6) is 11.6 Å². The summed E-state index contributed by atoms with van der Waals surface area (Å²) in [4.78, 5) is 47.8. The lowest BCUT2D eigenvalue weighted by molar-refractivity contribution is -0.141. The molecule has 11 nitrogen and oxygen atoms in total. The largest absolute Gasteiger partial charge is 0.494 e. The van der Waals surface area contributed by atoms with Crippen molar-refractivity contribution in [1.82, 2.24) is 14.6 Å². The van der Waals surface area contributed by atoms with Crippen LogP contribution in [0.25, 0.3) is 10.8 Å². The van der Waals surface area contributed by atoms with Crippen LogP contribution in [0.3, 0.4) is 0 Å². The van der Waals surface area contributed by atoms with Gasteiger partial charge in [-0.05, 0) is 79.9 Å². The summed E-state index contributed by atoms with van der Waals surface area (Å²) in [6, 6.07) is 2.73. The molecule has 0 radical (unpaired) electrons. The quantitative estimate of drug-likeness (QED) is 0.411. The summed E-state index contributed by atoms with van der Waals surface area (Å²) in [6.45, 7) is 4.18.